The lowest BCUT2D eigenvalue weighted by Crippen LogP contribution is -2.30. The van der Waals surface area contributed by atoms with Gasteiger partial charge in [-0.25, -0.2) is 20.2 Å². The molecule has 3 aromatic carbocycles. The zero-order chi connectivity index (χ0) is 26.5. The Morgan fingerprint density at radius 2 is 1.82 bits per heavy atom. The van der Waals surface area contributed by atoms with Crippen LogP contribution in [0.2, 0.25) is 0 Å². The smallest absolute Gasteiger partial charge is 0.137 e. The molecule has 1 saturated carbocycles. The minimum absolute atomic E-state index is 0.237. The third kappa shape index (κ3) is 5.82. The minimum atomic E-state index is -0.449. The molecule has 0 amide bonds. The quantitative estimate of drug-likeness (QED) is 0.171. The van der Waals surface area contributed by atoms with Crippen LogP contribution in [0.4, 0.5) is 15.9 Å². The second kappa shape index (κ2) is 11.2. The number of halogens is 1. The number of hydrogen-bond donors (Lipinski definition) is 4. The molecular weight excluding hydrogens is 479 g/mol. The standard InChI is InChI=1S/C29H29FN8/c30-21-8-6-20(7-9-21)28(25(32)17-38(33)23-11-12-23)36-22-10-13-27-24(16-22)29(35-18-34-27)37-26(14-15-31)19-4-2-1-3-5-19/h1-10,13,16-18,23,26,28,36H,11-12,14,32-33H2,(H,34,35,37)/b25-17-. The van der Waals surface area contributed by atoms with Crippen LogP contribution in [0.3, 0.4) is 0 Å². The molecule has 1 aromatic heterocycles. The van der Waals surface area contributed by atoms with Crippen molar-refractivity contribution in [2.24, 2.45) is 11.6 Å². The number of fused-ring (bicyclic) bond motifs is 1. The normalized spacial score (nSPS) is 14.9. The van der Waals surface area contributed by atoms with Crippen molar-refractivity contribution in [2.75, 3.05) is 10.6 Å². The fraction of sp³-hybridized carbons (Fsp3) is 0.207. The maximum absolute atomic E-state index is 13.7. The number of aromatic nitrogens is 2. The molecule has 0 bridgehead atoms. The summed E-state index contributed by atoms with van der Waals surface area (Å²) in [7, 11) is 0. The molecule has 0 radical (unpaired) electrons. The maximum atomic E-state index is 13.7. The van der Waals surface area contributed by atoms with E-state index >= 15 is 0 Å². The van der Waals surface area contributed by atoms with E-state index in [1.54, 1.807) is 23.3 Å². The van der Waals surface area contributed by atoms with Gasteiger partial charge in [-0.1, -0.05) is 42.5 Å². The molecule has 1 aliphatic rings. The van der Waals surface area contributed by atoms with Crippen molar-refractivity contribution in [3.05, 3.63) is 108 Å². The molecule has 8 nitrogen and oxygen atoms in total. The highest BCUT2D eigenvalue weighted by Gasteiger charge is 2.26. The lowest BCUT2D eigenvalue weighted by Gasteiger charge is -2.24. The van der Waals surface area contributed by atoms with Gasteiger partial charge in [-0.15, -0.1) is 0 Å². The average Bonchev–Trinajstić information content (AvgIpc) is 3.79. The third-order valence-electron chi connectivity index (χ3n) is 6.56. The van der Waals surface area contributed by atoms with Gasteiger partial charge in [0.1, 0.15) is 18.0 Å². The molecule has 5 rings (SSSR count). The van der Waals surface area contributed by atoms with Gasteiger partial charge in [0.05, 0.1) is 35.8 Å². The van der Waals surface area contributed by atoms with Crippen molar-refractivity contribution in [1.82, 2.24) is 15.0 Å². The Balaban J connectivity index is 1.47. The van der Waals surface area contributed by atoms with Gasteiger partial charge >= 0.3 is 0 Å². The molecule has 1 heterocycles. The number of hydrazine groups is 1. The zero-order valence-corrected chi connectivity index (χ0v) is 20.8. The zero-order valence-electron chi connectivity index (χ0n) is 20.8. The molecular formula is C29H29FN8. The summed E-state index contributed by atoms with van der Waals surface area (Å²) in [5.74, 6) is 6.46. The third-order valence-corrected chi connectivity index (χ3v) is 6.56. The average molecular weight is 509 g/mol. The summed E-state index contributed by atoms with van der Waals surface area (Å²) in [6.45, 7) is 0. The van der Waals surface area contributed by atoms with Gasteiger partial charge in [-0.3, -0.25) is 0 Å². The predicted octanol–water partition coefficient (Wildman–Crippen LogP) is 5.13. The van der Waals surface area contributed by atoms with Crippen LogP contribution in [0.25, 0.3) is 10.9 Å². The fourth-order valence-electron chi connectivity index (χ4n) is 4.36. The molecule has 4 aromatic rings. The number of nitrogens with zero attached hydrogens (tertiary/aromatic N) is 4. The van der Waals surface area contributed by atoms with Crippen LogP contribution < -0.4 is 22.2 Å². The molecule has 2 unspecified atom stereocenters. The van der Waals surface area contributed by atoms with Gasteiger partial charge in [-0.05, 0) is 54.3 Å². The van der Waals surface area contributed by atoms with Gasteiger partial charge in [0.2, 0.25) is 0 Å². The number of nitriles is 1. The number of nitrogens with two attached hydrogens (primary N) is 2. The van der Waals surface area contributed by atoms with Gasteiger partial charge in [-0.2, -0.15) is 5.26 Å². The van der Waals surface area contributed by atoms with Crippen LogP contribution in [0.15, 0.2) is 91.0 Å². The van der Waals surface area contributed by atoms with E-state index < -0.39 is 6.04 Å². The predicted molar refractivity (Wildman–Crippen MR) is 147 cm³/mol. The number of hydrogen-bond acceptors (Lipinski definition) is 8. The lowest BCUT2D eigenvalue weighted by atomic mass is 10.0. The van der Waals surface area contributed by atoms with Crippen molar-refractivity contribution in [1.29, 1.82) is 5.26 Å². The van der Waals surface area contributed by atoms with Gasteiger partial charge in [0, 0.05) is 23.3 Å². The minimum Gasteiger partial charge on any atom is -0.399 e. The molecule has 1 aliphatic carbocycles. The van der Waals surface area contributed by atoms with E-state index in [4.69, 9.17) is 11.6 Å². The summed E-state index contributed by atoms with van der Waals surface area (Å²) in [5.41, 5.74) is 10.3. The number of benzene rings is 3. The lowest BCUT2D eigenvalue weighted by molar-refractivity contribution is 0.378. The first kappa shape index (κ1) is 25.0. The van der Waals surface area contributed by atoms with E-state index in [1.165, 1.54) is 18.5 Å². The Morgan fingerprint density at radius 1 is 1.05 bits per heavy atom. The molecule has 0 spiro atoms. The highest BCUT2D eigenvalue weighted by molar-refractivity contribution is 5.91. The Morgan fingerprint density at radius 3 is 2.53 bits per heavy atom. The molecule has 38 heavy (non-hydrogen) atoms. The Bertz CT molecular complexity index is 1460. The molecule has 0 saturated heterocycles. The number of rotatable bonds is 10. The van der Waals surface area contributed by atoms with Gasteiger partial charge in [0.15, 0.2) is 0 Å². The largest absolute Gasteiger partial charge is 0.399 e. The second-order valence-corrected chi connectivity index (χ2v) is 9.36. The molecule has 9 heteroatoms. The van der Waals surface area contributed by atoms with Gasteiger partial charge in [0.25, 0.3) is 0 Å². The molecule has 6 N–H and O–H groups in total. The van der Waals surface area contributed by atoms with Crippen molar-refractivity contribution >= 4 is 22.4 Å². The monoisotopic (exact) mass is 508 g/mol. The molecule has 1 fully saturated rings. The summed E-state index contributed by atoms with van der Waals surface area (Å²) in [6.07, 6.45) is 5.58. The summed E-state index contributed by atoms with van der Waals surface area (Å²) in [4.78, 5) is 8.90. The highest BCUT2D eigenvalue weighted by Crippen LogP contribution is 2.31. The van der Waals surface area contributed by atoms with Crippen LogP contribution >= 0.6 is 0 Å². The summed E-state index contributed by atoms with van der Waals surface area (Å²) >= 11 is 0. The molecule has 192 valence electrons. The topological polar surface area (TPSA) is 129 Å². The van der Waals surface area contributed by atoms with Gasteiger partial charge < -0.3 is 21.4 Å². The van der Waals surface area contributed by atoms with Crippen LogP contribution in [0.5, 0.6) is 0 Å². The molecule has 0 aliphatic heterocycles. The Labute approximate surface area is 220 Å². The Kier molecular flexibility index (Phi) is 7.33. The van der Waals surface area contributed by atoms with Crippen LogP contribution in [0.1, 0.15) is 42.5 Å². The van der Waals surface area contributed by atoms with E-state index in [-0.39, 0.29) is 18.3 Å². The summed E-state index contributed by atoms with van der Waals surface area (Å²) in [5, 5.41) is 18.8. The first-order chi connectivity index (χ1) is 18.5. The van der Waals surface area contributed by atoms with Crippen molar-refractivity contribution in [3.63, 3.8) is 0 Å². The summed E-state index contributed by atoms with van der Waals surface area (Å²) < 4.78 is 13.7. The van der Waals surface area contributed by atoms with E-state index in [0.29, 0.717) is 17.6 Å². The van der Waals surface area contributed by atoms with E-state index in [0.717, 1.165) is 40.6 Å². The van der Waals surface area contributed by atoms with Crippen molar-refractivity contribution < 1.29 is 4.39 Å². The maximum Gasteiger partial charge on any atom is 0.137 e. The molecule has 2 atom stereocenters. The summed E-state index contributed by atoms with van der Waals surface area (Å²) in [6, 6.07) is 23.6. The number of nitrogens with one attached hydrogen (secondary N) is 2. The van der Waals surface area contributed by atoms with Crippen LogP contribution in [-0.2, 0) is 0 Å². The SMILES string of the molecule is N#CCC(Nc1ncnc2ccc(NC(/C(N)=C/N(N)C3CC3)c3ccc(F)cc3)cc12)c1ccccc1. The first-order valence-electron chi connectivity index (χ1n) is 12.5. The van der Waals surface area contributed by atoms with E-state index in [9.17, 15) is 9.65 Å². The fourth-order valence-corrected chi connectivity index (χ4v) is 4.36. The van der Waals surface area contributed by atoms with E-state index in [1.807, 2.05) is 48.5 Å². The second-order valence-electron chi connectivity index (χ2n) is 9.36. The van der Waals surface area contributed by atoms with Crippen LogP contribution in [-0.4, -0.2) is 21.0 Å². The van der Waals surface area contributed by atoms with E-state index in [2.05, 4.69) is 26.7 Å². The number of anilines is 2. The first-order valence-corrected chi connectivity index (χ1v) is 12.5. The Hall–Kier alpha value is -4.68. The highest BCUT2D eigenvalue weighted by atomic mass is 19.1. The van der Waals surface area contributed by atoms with Crippen molar-refractivity contribution in [2.45, 2.75) is 37.4 Å². The van der Waals surface area contributed by atoms with Crippen molar-refractivity contribution in [3.8, 4) is 6.07 Å². The van der Waals surface area contributed by atoms with Crippen LogP contribution in [0, 0.1) is 17.1 Å².